The second kappa shape index (κ2) is 16.0. The van der Waals surface area contributed by atoms with Crippen molar-refractivity contribution in [1.29, 1.82) is 0 Å². The molecule has 31 heavy (non-hydrogen) atoms. The molecule has 1 unspecified atom stereocenters. The number of benzene rings is 1. The summed E-state index contributed by atoms with van der Waals surface area (Å²) in [7, 11) is 3.41. The molecule has 5 nitrogen and oxygen atoms in total. The average molecular weight is 461 g/mol. The van der Waals surface area contributed by atoms with Gasteiger partial charge in [-0.15, -0.1) is 0 Å². The van der Waals surface area contributed by atoms with E-state index >= 15 is 0 Å². The largest absolute Gasteiger partial charge is 0.474 e. The van der Waals surface area contributed by atoms with Crippen LogP contribution in [-0.4, -0.2) is 37.2 Å². The highest BCUT2D eigenvalue weighted by atomic mass is 35.5. The summed E-state index contributed by atoms with van der Waals surface area (Å²) in [5, 5.41) is 3.62. The van der Waals surface area contributed by atoms with Crippen molar-refractivity contribution in [3.05, 3.63) is 47.6 Å². The van der Waals surface area contributed by atoms with Gasteiger partial charge in [-0.25, -0.2) is 9.23 Å². The minimum Gasteiger partial charge on any atom is -0.474 e. The van der Waals surface area contributed by atoms with Crippen LogP contribution in [0.5, 0.6) is 0 Å². The van der Waals surface area contributed by atoms with Crippen LogP contribution in [0.1, 0.15) is 67.4 Å². The molecule has 0 saturated carbocycles. The maximum absolute atomic E-state index is 13.9. The molecule has 0 aromatic heterocycles. The Balaban J connectivity index is 0. The van der Waals surface area contributed by atoms with E-state index < -0.39 is 5.82 Å². The molecule has 0 spiro atoms. The molecule has 1 aromatic carbocycles. The Bertz CT molecular complexity index is 676. The molecule has 0 bridgehead atoms. The highest BCUT2D eigenvalue weighted by molar-refractivity contribution is 6.32. The van der Waals surface area contributed by atoms with Gasteiger partial charge in [-0.3, -0.25) is 0 Å². The van der Waals surface area contributed by atoms with Gasteiger partial charge in [0.1, 0.15) is 5.60 Å². The molecule has 1 rings (SSSR count). The predicted molar refractivity (Wildman–Crippen MR) is 132 cm³/mol. The van der Waals surface area contributed by atoms with Crippen molar-refractivity contribution in [1.82, 2.24) is 10.2 Å². The number of nitrogens with zero attached hydrogens (tertiary/aromatic N) is 1. The van der Waals surface area contributed by atoms with Crippen LogP contribution >= 0.6 is 11.6 Å². The van der Waals surface area contributed by atoms with E-state index in [1.807, 2.05) is 67.3 Å². The summed E-state index contributed by atoms with van der Waals surface area (Å²) in [6.45, 7) is 24.8. The first-order valence-electron chi connectivity index (χ1n) is 10.8. The van der Waals surface area contributed by atoms with Crippen molar-refractivity contribution in [2.45, 2.75) is 73.5 Å². The Morgan fingerprint density at radius 1 is 1.23 bits per heavy atom. The smallest absolute Gasteiger partial charge is 0.198 e. The number of rotatable bonds is 10. The molecule has 0 heterocycles. The van der Waals surface area contributed by atoms with Gasteiger partial charge in [-0.1, -0.05) is 45.9 Å². The van der Waals surface area contributed by atoms with Crippen molar-refractivity contribution in [3.8, 4) is 0 Å². The summed E-state index contributed by atoms with van der Waals surface area (Å²) in [6, 6.07) is 3.01. The van der Waals surface area contributed by atoms with E-state index in [2.05, 4.69) is 18.5 Å². The lowest BCUT2D eigenvalue weighted by molar-refractivity contribution is -0.831. The van der Waals surface area contributed by atoms with Crippen molar-refractivity contribution in [2.24, 2.45) is 0 Å². The van der Waals surface area contributed by atoms with Crippen LogP contribution in [0, 0.1) is 5.82 Å². The first-order chi connectivity index (χ1) is 14.4. The first-order valence-corrected chi connectivity index (χ1v) is 11.2. The predicted octanol–water partition coefficient (Wildman–Crippen LogP) is 5.84. The summed E-state index contributed by atoms with van der Waals surface area (Å²) in [4.78, 5) is 6.88. The van der Waals surface area contributed by atoms with E-state index in [0.29, 0.717) is 27.9 Å². The lowest BCUT2D eigenvalue weighted by Crippen LogP contribution is -2.76. The van der Waals surface area contributed by atoms with Gasteiger partial charge in [0.05, 0.1) is 12.1 Å². The molecular formula is C24H44ClFN3O2+. The number of ether oxygens (including phenoxy) is 1. The lowest BCUT2D eigenvalue weighted by atomic mass is 10.1. The van der Waals surface area contributed by atoms with Gasteiger partial charge in [0.25, 0.3) is 0 Å². The van der Waals surface area contributed by atoms with Gasteiger partial charge >= 0.3 is 0 Å². The average Bonchev–Trinajstić information content (AvgIpc) is 2.69. The maximum Gasteiger partial charge on any atom is 0.198 e. The first kappa shape index (κ1) is 31.4. The second-order valence-electron chi connectivity index (χ2n) is 7.55. The fourth-order valence-corrected chi connectivity index (χ4v) is 2.67. The minimum absolute atomic E-state index is 0.123. The zero-order chi connectivity index (χ0) is 24.8. The monoisotopic (exact) mass is 460 g/mol. The van der Waals surface area contributed by atoms with Crippen LogP contribution in [0.25, 0.3) is 5.70 Å². The Morgan fingerprint density at radius 2 is 1.77 bits per heavy atom. The molecule has 0 saturated heterocycles. The normalized spacial score (nSPS) is 11.2. The number of halogens is 2. The van der Waals surface area contributed by atoms with Crippen LogP contribution in [0.4, 0.5) is 10.1 Å². The van der Waals surface area contributed by atoms with Crippen LogP contribution in [0.2, 0.25) is 5.02 Å². The summed E-state index contributed by atoms with van der Waals surface area (Å²) in [6.07, 6.45) is 0.831. The number of hydrogen-bond acceptors (Lipinski definition) is 4. The molecule has 1 aromatic rings. The van der Waals surface area contributed by atoms with Crippen LogP contribution in [-0.2, 0) is 9.57 Å². The van der Waals surface area contributed by atoms with Gasteiger partial charge in [-0.2, -0.15) is 5.48 Å². The molecule has 0 aliphatic rings. The lowest BCUT2D eigenvalue weighted by Gasteiger charge is -2.29. The van der Waals surface area contributed by atoms with E-state index in [0.717, 1.165) is 13.0 Å². The molecule has 0 aliphatic carbocycles. The van der Waals surface area contributed by atoms with Crippen molar-refractivity contribution < 1.29 is 19.4 Å². The van der Waals surface area contributed by atoms with Crippen LogP contribution < -0.4 is 10.8 Å². The molecule has 0 radical (unpaired) electrons. The number of nitrogens with one attached hydrogen (secondary N) is 1. The molecule has 3 N–H and O–H groups in total. The fraction of sp³-hybridized carbons (Fsp3) is 0.583. The van der Waals surface area contributed by atoms with Gasteiger partial charge in [0, 0.05) is 37.0 Å². The van der Waals surface area contributed by atoms with Gasteiger partial charge < -0.3 is 15.0 Å². The number of quaternary nitrogens is 1. The summed E-state index contributed by atoms with van der Waals surface area (Å²) in [5.74, 6) is 0.195. The van der Waals surface area contributed by atoms with Gasteiger partial charge in [-0.05, 0) is 46.8 Å². The molecule has 0 amide bonds. The summed E-state index contributed by atoms with van der Waals surface area (Å²) in [5.41, 5.74) is 2.65. The van der Waals surface area contributed by atoms with Crippen LogP contribution in [0.3, 0.4) is 0 Å². The quantitative estimate of drug-likeness (QED) is 0.261. The summed E-state index contributed by atoms with van der Waals surface area (Å²) >= 11 is 6.18. The van der Waals surface area contributed by atoms with Crippen molar-refractivity contribution in [3.63, 3.8) is 0 Å². The highest BCUT2D eigenvalue weighted by Gasteiger charge is 2.17. The van der Waals surface area contributed by atoms with Crippen LogP contribution in [0.15, 0.2) is 31.2 Å². The van der Waals surface area contributed by atoms with Gasteiger partial charge in [0.15, 0.2) is 17.4 Å². The zero-order valence-electron chi connectivity index (χ0n) is 21.2. The SMILES string of the molecule is C=C(NC(C)CCN(C)C(=C)OC(C)(C)C)c1cc([NH2+]OC)c(F)cc1Cl.CC.CC. The molecule has 7 heteroatoms. The summed E-state index contributed by atoms with van der Waals surface area (Å²) < 4.78 is 19.6. The standard InChI is InChI=1S/C20H31ClFN3O2.2C2H6/c1-13(9-10-25(7)15(3)27-20(4,5)6)23-14(2)16-11-19(24-26-8)18(22)12-17(16)21;2*1-2/h11-13,23-24H,2-3,9-10H2,1,4-8H3;2*1-2H3/p+1. The van der Waals surface area contributed by atoms with Gasteiger partial charge in [0.2, 0.25) is 0 Å². The van der Waals surface area contributed by atoms with Crippen molar-refractivity contribution >= 4 is 23.0 Å². The molecular weight excluding hydrogens is 417 g/mol. The third-order valence-electron chi connectivity index (χ3n) is 3.82. The number of hydrogen-bond donors (Lipinski definition) is 2. The van der Waals surface area contributed by atoms with E-state index in [1.165, 1.54) is 18.7 Å². The third kappa shape index (κ3) is 12.6. The maximum atomic E-state index is 13.9. The van der Waals surface area contributed by atoms with E-state index in [4.69, 9.17) is 21.2 Å². The second-order valence-corrected chi connectivity index (χ2v) is 7.96. The minimum atomic E-state index is -0.439. The fourth-order valence-electron chi connectivity index (χ4n) is 2.40. The molecule has 180 valence electrons. The Labute approximate surface area is 194 Å². The van der Waals surface area contributed by atoms with Crippen molar-refractivity contribution in [2.75, 3.05) is 20.7 Å². The topological polar surface area (TPSA) is 50.3 Å². The van der Waals surface area contributed by atoms with E-state index in [9.17, 15) is 4.39 Å². The molecule has 0 fully saturated rings. The third-order valence-corrected chi connectivity index (χ3v) is 4.14. The molecule has 0 aliphatic heterocycles. The highest BCUT2D eigenvalue weighted by Crippen LogP contribution is 2.26. The van der Waals surface area contributed by atoms with E-state index in [1.54, 1.807) is 6.07 Å². The Kier molecular flexibility index (Phi) is 16.2. The molecule has 1 atom stereocenters. The number of nitrogens with two attached hydrogens (primary N) is 1. The van der Waals surface area contributed by atoms with E-state index in [-0.39, 0.29) is 11.6 Å². The Hall–Kier alpha value is -1.76. The Morgan fingerprint density at radius 3 is 2.26 bits per heavy atom. The zero-order valence-corrected chi connectivity index (χ0v) is 21.9.